The van der Waals surface area contributed by atoms with Crippen LogP contribution in [0.2, 0.25) is 0 Å². The Morgan fingerprint density at radius 1 is 1.31 bits per heavy atom. The van der Waals surface area contributed by atoms with Gasteiger partial charge in [-0.05, 0) is 18.1 Å². The monoisotopic (exact) mass is 176 g/mol. The lowest BCUT2D eigenvalue weighted by molar-refractivity contribution is 0.514. The van der Waals surface area contributed by atoms with E-state index < -0.39 is 0 Å². The van der Waals surface area contributed by atoms with Crippen molar-refractivity contribution in [3.63, 3.8) is 0 Å². The minimum Gasteiger partial charge on any atom is -0.408 e. The smallest absolute Gasteiger partial charge is 0.143 e. The quantitative estimate of drug-likeness (QED) is 0.628. The number of benzene rings is 1. The van der Waals surface area contributed by atoms with Crippen molar-refractivity contribution in [3.05, 3.63) is 29.8 Å². The highest BCUT2D eigenvalue weighted by Crippen LogP contribution is 2.17. The highest BCUT2D eigenvalue weighted by molar-refractivity contribution is 5.34. The molecule has 1 heteroatoms. The molecule has 0 aliphatic carbocycles. The summed E-state index contributed by atoms with van der Waals surface area (Å²) in [5, 5.41) is 0. The molecule has 0 saturated carbocycles. The highest BCUT2D eigenvalue weighted by Gasteiger charge is 1.97. The summed E-state index contributed by atoms with van der Waals surface area (Å²) in [6.45, 7) is 6.07. The first kappa shape index (κ1) is 11.6. The molecule has 1 nitrogen and oxygen atoms in total. The molecule has 0 aliphatic rings. The average Bonchev–Trinajstić information content (AvgIpc) is 2.22. The van der Waals surface area contributed by atoms with Gasteiger partial charge in [0.15, 0.2) is 0 Å². The van der Waals surface area contributed by atoms with Gasteiger partial charge in [-0.1, -0.05) is 45.4 Å². The maximum atomic E-state index is 5.01. The van der Waals surface area contributed by atoms with Gasteiger partial charge in [0.2, 0.25) is 0 Å². The van der Waals surface area contributed by atoms with Gasteiger partial charge in [0, 0.05) is 0 Å². The first-order chi connectivity index (χ1) is 6.38. The molecule has 70 valence electrons. The molecule has 0 unspecified atom stereocenters. The lowest BCUT2D eigenvalue weighted by Crippen LogP contribution is -1.88. The fourth-order valence-corrected chi connectivity index (χ4v) is 0.959. The largest absolute Gasteiger partial charge is 0.408 e. The second-order valence-electron chi connectivity index (χ2n) is 2.18. The Balaban J connectivity index is 0.000000671. The van der Waals surface area contributed by atoms with Crippen molar-refractivity contribution in [1.29, 1.82) is 0 Å². The zero-order valence-electron chi connectivity index (χ0n) is 8.50. The zero-order valence-corrected chi connectivity index (χ0v) is 8.50. The molecule has 0 spiro atoms. The van der Waals surface area contributed by atoms with Crippen molar-refractivity contribution >= 4 is 0 Å². The van der Waals surface area contributed by atoms with E-state index in [4.69, 9.17) is 11.2 Å². The van der Waals surface area contributed by atoms with Gasteiger partial charge in [-0.25, -0.2) is 0 Å². The van der Waals surface area contributed by atoms with E-state index in [1.165, 1.54) is 0 Å². The summed E-state index contributed by atoms with van der Waals surface area (Å²) in [6, 6.07) is 7.76. The minimum atomic E-state index is 0.789. The van der Waals surface area contributed by atoms with E-state index in [1.54, 1.807) is 0 Å². The number of terminal acetylenes is 1. The predicted molar refractivity (Wildman–Crippen MR) is 56.6 cm³/mol. The van der Waals surface area contributed by atoms with Gasteiger partial charge >= 0.3 is 0 Å². The summed E-state index contributed by atoms with van der Waals surface area (Å²) in [5.41, 5.74) is 1.14. The first-order valence-electron chi connectivity index (χ1n) is 4.58. The zero-order chi connectivity index (χ0) is 10.1. The van der Waals surface area contributed by atoms with E-state index in [0.717, 1.165) is 17.7 Å². The Hall–Kier alpha value is -1.42. The maximum Gasteiger partial charge on any atom is 0.143 e. The summed E-state index contributed by atoms with van der Waals surface area (Å²) >= 11 is 0. The summed E-state index contributed by atoms with van der Waals surface area (Å²) in [4.78, 5) is 0. The molecule has 0 fully saturated rings. The fourth-order valence-electron chi connectivity index (χ4n) is 0.959. The third-order valence-electron chi connectivity index (χ3n) is 1.52. The Bertz CT molecular complexity index is 271. The molecule has 1 aromatic rings. The Kier molecular flexibility index (Phi) is 6.45. The van der Waals surface area contributed by atoms with Crippen molar-refractivity contribution in [1.82, 2.24) is 0 Å². The van der Waals surface area contributed by atoms with E-state index in [-0.39, 0.29) is 0 Å². The molecule has 0 atom stereocenters. The highest BCUT2D eigenvalue weighted by atomic mass is 16.5. The topological polar surface area (TPSA) is 9.23 Å². The van der Waals surface area contributed by atoms with Crippen LogP contribution in [0.4, 0.5) is 0 Å². The molecule has 0 bridgehead atoms. The van der Waals surface area contributed by atoms with E-state index in [2.05, 4.69) is 13.0 Å². The third kappa shape index (κ3) is 3.66. The number of hydrogen-bond donors (Lipinski definition) is 0. The maximum absolute atomic E-state index is 5.01. The SMILES string of the molecule is C#COc1ccccc1CC.CC. The molecule has 1 aromatic carbocycles. The van der Waals surface area contributed by atoms with Crippen molar-refractivity contribution in [3.8, 4) is 18.3 Å². The Morgan fingerprint density at radius 2 is 1.92 bits per heavy atom. The van der Waals surface area contributed by atoms with Gasteiger partial charge < -0.3 is 4.74 Å². The average molecular weight is 176 g/mol. The fraction of sp³-hybridized carbons (Fsp3) is 0.333. The van der Waals surface area contributed by atoms with Gasteiger partial charge in [-0.2, -0.15) is 0 Å². The van der Waals surface area contributed by atoms with Crippen molar-refractivity contribution in [2.45, 2.75) is 27.2 Å². The number of hydrogen-bond acceptors (Lipinski definition) is 1. The second-order valence-corrected chi connectivity index (χ2v) is 2.18. The van der Waals surface area contributed by atoms with Gasteiger partial charge in [0.05, 0.1) is 0 Å². The molecule has 0 aromatic heterocycles. The van der Waals surface area contributed by atoms with E-state index in [9.17, 15) is 0 Å². The molecule has 1 rings (SSSR count). The van der Waals surface area contributed by atoms with Crippen molar-refractivity contribution < 1.29 is 4.74 Å². The van der Waals surface area contributed by atoms with E-state index in [1.807, 2.05) is 38.1 Å². The predicted octanol–water partition coefficient (Wildman–Crippen LogP) is 3.24. The molecule has 0 radical (unpaired) electrons. The number of para-hydroxylation sites is 1. The lowest BCUT2D eigenvalue weighted by Gasteiger charge is -2.02. The normalized spacial score (nSPS) is 7.85. The van der Waals surface area contributed by atoms with Gasteiger partial charge in [-0.3, -0.25) is 0 Å². The summed E-state index contributed by atoms with van der Waals surface area (Å²) < 4.78 is 4.96. The van der Waals surface area contributed by atoms with Crippen LogP contribution in [0.5, 0.6) is 5.75 Å². The summed E-state index contributed by atoms with van der Waals surface area (Å²) in [6.07, 6.45) is 8.11. The Morgan fingerprint density at radius 3 is 2.46 bits per heavy atom. The van der Waals surface area contributed by atoms with Crippen LogP contribution in [0.3, 0.4) is 0 Å². The molecular formula is C12H16O. The number of rotatable bonds is 2. The first-order valence-corrected chi connectivity index (χ1v) is 4.58. The summed E-state index contributed by atoms with van der Waals surface area (Å²) in [5.74, 6) is 0.789. The standard InChI is InChI=1S/C10H10O.C2H6/c1-3-9-7-5-6-8-10(9)11-4-2;1-2/h2,5-8H,3H2,1H3;1-2H3. The third-order valence-corrected chi connectivity index (χ3v) is 1.52. The van der Waals surface area contributed by atoms with Crippen LogP contribution in [-0.2, 0) is 6.42 Å². The molecule has 0 aliphatic heterocycles. The van der Waals surface area contributed by atoms with Crippen LogP contribution in [0.1, 0.15) is 26.3 Å². The van der Waals surface area contributed by atoms with Crippen molar-refractivity contribution in [2.75, 3.05) is 0 Å². The van der Waals surface area contributed by atoms with Crippen LogP contribution in [0, 0.1) is 12.5 Å². The van der Waals surface area contributed by atoms with E-state index in [0.29, 0.717) is 0 Å². The molecule has 0 saturated heterocycles. The molecule has 0 N–H and O–H groups in total. The molecule has 13 heavy (non-hydrogen) atoms. The Labute approximate surface area is 80.7 Å². The number of aryl methyl sites for hydroxylation is 1. The van der Waals surface area contributed by atoms with Crippen LogP contribution < -0.4 is 4.74 Å². The number of ether oxygens (including phenoxy) is 1. The van der Waals surface area contributed by atoms with Crippen LogP contribution in [-0.4, -0.2) is 0 Å². The van der Waals surface area contributed by atoms with Crippen molar-refractivity contribution in [2.24, 2.45) is 0 Å². The summed E-state index contributed by atoms with van der Waals surface area (Å²) in [7, 11) is 0. The molecule has 0 heterocycles. The lowest BCUT2D eigenvalue weighted by atomic mass is 10.1. The molecule has 0 amide bonds. The van der Waals surface area contributed by atoms with Gasteiger partial charge in [-0.15, -0.1) is 0 Å². The van der Waals surface area contributed by atoms with E-state index >= 15 is 0 Å². The van der Waals surface area contributed by atoms with Crippen LogP contribution in [0.25, 0.3) is 0 Å². The van der Waals surface area contributed by atoms with Gasteiger partial charge in [0.1, 0.15) is 11.9 Å². The minimum absolute atomic E-state index is 0.789. The van der Waals surface area contributed by atoms with Crippen LogP contribution >= 0.6 is 0 Å². The van der Waals surface area contributed by atoms with Crippen LogP contribution in [0.15, 0.2) is 24.3 Å². The molecular weight excluding hydrogens is 160 g/mol. The van der Waals surface area contributed by atoms with Gasteiger partial charge in [0.25, 0.3) is 0 Å². The second kappa shape index (κ2) is 7.24.